The third kappa shape index (κ3) is 22.1. The van der Waals surface area contributed by atoms with Crippen LogP contribution >= 0.6 is 29.6 Å². The number of halogens is 1. The highest BCUT2D eigenvalue weighted by Crippen LogP contribution is 2.60. The molecule has 0 bridgehead atoms. The minimum absolute atomic E-state index is 0. The predicted molar refractivity (Wildman–Crippen MR) is 151 cm³/mol. The zero-order chi connectivity index (χ0) is 20.1. The van der Waals surface area contributed by atoms with Gasteiger partial charge in [-0.05, 0) is 45.4 Å². The van der Waals surface area contributed by atoms with Crippen LogP contribution in [-0.2, 0) is 0 Å². The lowest BCUT2D eigenvalue weighted by molar-refractivity contribution is 0.615. The Labute approximate surface area is 197 Å². The maximum atomic E-state index is 2.54. The van der Waals surface area contributed by atoms with Gasteiger partial charge in [0, 0.05) is 7.26 Å². The first-order valence-corrected chi connectivity index (χ1v) is 15.6. The van der Waals surface area contributed by atoms with Gasteiger partial charge in [0.2, 0.25) is 0 Å². The normalized spacial score (nSPS) is 11.2. The summed E-state index contributed by atoms with van der Waals surface area (Å²) >= 11 is 0. The van der Waals surface area contributed by atoms with Gasteiger partial charge in [0.25, 0.3) is 0 Å². The fourth-order valence-corrected chi connectivity index (χ4v) is 8.80. The van der Waals surface area contributed by atoms with E-state index < -0.39 is 7.26 Å². The average molecular weight is 470 g/mol. The smallest absolute Gasteiger partial charge is 0.0594 e. The zero-order valence-corrected chi connectivity index (χ0v) is 24.2. The zero-order valence-electron chi connectivity index (χ0n) is 21.1. The topological polar surface area (TPSA) is 0 Å². The predicted octanol–water partition coefficient (Wildman–Crippen LogP) is 10.6. The van der Waals surface area contributed by atoms with Crippen molar-refractivity contribution in [1.82, 2.24) is 0 Å². The van der Waals surface area contributed by atoms with Crippen molar-refractivity contribution < 1.29 is 0 Å². The van der Waals surface area contributed by atoms with Gasteiger partial charge in [0.1, 0.15) is 0 Å². The molecule has 0 aliphatic rings. The lowest BCUT2D eigenvalue weighted by Gasteiger charge is -2.27. The van der Waals surface area contributed by atoms with Crippen molar-refractivity contribution in [2.24, 2.45) is 0 Å². The molecule has 0 aromatic carbocycles. The first kappa shape index (κ1) is 34.8. The molecule has 0 aromatic rings. The maximum absolute atomic E-state index is 2.54. The van der Waals surface area contributed by atoms with Crippen LogP contribution in [0.3, 0.4) is 0 Å². The van der Waals surface area contributed by atoms with Gasteiger partial charge < -0.3 is 0 Å². The van der Waals surface area contributed by atoms with Gasteiger partial charge in [-0.3, -0.25) is 0 Å². The van der Waals surface area contributed by atoms with E-state index in [1.54, 1.807) is 18.5 Å². The molecule has 0 saturated carbocycles. The molecule has 0 spiro atoms. The van der Waals surface area contributed by atoms with Crippen LogP contribution in [0.25, 0.3) is 0 Å². The third-order valence-electron chi connectivity index (χ3n) is 6.63. The molecule has 0 aliphatic heterocycles. The number of rotatable bonds is 22. The lowest BCUT2D eigenvalue weighted by atomic mass is 10.1. The molecule has 0 N–H and O–H groups in total. The van der Waals surface area contributed by atoms with Gasteiger partial charge in [-0.1, -0.05) is 97.8 Å². The van der Waals surface area contributed by atoms with Crippen molar-refractivity contribution in [3.05, 3.63) is 0 Å². The van der Waals surface area contributed by atoms with Gasteiger partial charge in [-0.2, -0.15) is 9.90 Å². The van der Waals surface area contributed by atoms with Gasteiger partial charge in [0.05, 0.1) is 24.6 Å². The molecule has 0 saturated heterocycles. The van der Waals surface area contributed by atoms with Crippen LogP contribution in [0, 0.1) is 0 Å². The van der Waals surface area contributed by atoms with Gasteiger partial charge in [-0.25, -0.2) is 0 Å². The van der Waals surface area contributed by atoms with Crippen molar-refractivity contribution in [3.63, 3.8) is 0 Å². The Bertz CT molecular complexity index is 243. The van der Waals surface area contributed by atoms with E-state index in [0.717, 1.165) is 0 Å². The van der Waals surface area contributed by atoms with Crippen LogP contribution in [0.2, 0.25) is 0 Å². The average Bonchev–Trinajstić information content (AvgIpc) is 2.69. The molecule has 0 aromatic heterocycles. The Hall–Kier alpha value is 1.15. The summed E-state index contributed by atoms with van der Waals surface area (Å²) in [5.74, 6) is 0. The van der Waals surface area contributed by atoms with Gasteiger partial charge in [-0.15, -0.1) is 12.4 Å². The minimum Gasteiger partial charge on any atom is -0.153 e. The first-order chi connectivity index (χ1) is 13.2. The Balaban J connectivity index is -0.00000338. The molecule has 3 heteroatoms. The fourth-order valence-electron chi connectivity index (χ4n) is 4.49. The minimum atomic E-state index is -0.644. The molecule has 0 nitrogen and oxygen atoms in total. The molecular formula is C26H60ClP2+. The van der Waals surface area contributed by atoms with Crippen LogP contribution in [-0.4, -0.2) is 24.6 Å². The summed E-state index contributed by atoms with van der Waals surface area (Å²) in [4.78, 5) is 0. The molecule has 1 atom stereocenters. The second kappa shape index (κ2) is 27.2. The standard InChI is InChI=1S/C26H56P.ClH.H3P/c1-5-9-12-15-18-21-24-27(8-4,25-22-19-16-13-10-6-2)26-23-20-17-14-11-7-3;;/h5-26H2,1-4H3;1H;1H3/q+1;;. The lowest BCUT2D eigenvalue weighted by Crippen LogP contribution is -2.11. The summed E-state index contributed by atoms with van der Waals surface area (Å²) in [6.07, 6.45) is 32.9. The fraction of sp³-hybridized carbons (Fsp3) is 1.00. The summed E-state index contributed by atoms with van der Waals surface area (Å²) in [6, 6.07) is 0. The van der Waals surface area contributed by atoms with Crippen molar-refractivity contribution in [3.8, 4) is 0 Å². The SMILES string of the molecule is CCCCCCCC[P+](CC)(CCCCCCCC)CCCCCCCC.Cl.P. The molecule has 29 heavy (non-hydrogen) atoms. The summed E-state index contributed by atoms with van der Waals surface area (Å²) < 4.78 is 0. The largest absolute Gasteiger partial charge is 0.153 e. The Kier molecular flexibility index (Phi) is 32.6. The molecule has 0 amide bonds. The summed E-state index contributed by atoms with van der Waals surface area (Å²) in [5, 5.41) is 0. The van der Waals surface area contributed by atoms with Gasteiger partial charge >= 0.3 is 0 Å². The van der Waals surface area contributed by atoms with Crippen LogP contribution < -0.4 is 0 Å². The molecular weight excluding hydrogens is 410 g/mol. The van der Waals surface area contributed by atoms with E-state index in [2.05, 4.69) is 27.7 Å². The van der Waals surface area contributed by atoms with E-state index in [9.17, 15) is 0 Å². The van der Waals surface area contributed by atoms with E-state index in [0.29, 0.717) is 0 Å². The summed E-state index contributed by atoms with van der Waals surface area (Å²) in [7, 11) is -0.644. The summed E-state index contributed by atoms with van der Waals surface area (Å²) in [6.45, 7) is 9.52. The quantitative estimate of drug-likeness (QED) is 0.109. The Morgan fingerprint density at radius 3 is 0.862 bits per heavy atom. The molecule has 0 rings (SSSR count). The van der Waals surface area contributed by atoms with Crippen molar-refractivity contribution in [2.75, 3.05) is 24.6 Å². The van der Waals surface area contributed by atoms with Crippen LogP contribution in [0.5, 0.6) is 0 Å². The van der Waals surface area contributed by atoms with E-state index in [1.165, 1.54) is 122 Å². The first-order valence-electron chi connectivity index (χ1n) is 13.1. The van der Waals surface area contributed by atoms with Crippen molar-refractivity contribution in [1.29, 1.82) is 0 Å². The van der Waals surface area contributed by atoms with Crippen LogP contribution in [0.15, 0.2) is 0 Å². The Morgan fingerprint density at radius 1 is 0.379 bits per heavy atom. The van der Waals surface area contributed by atoms with E-state index in [1.807, 2.05) is 0 Å². The molecule has 0 aliphatic carbocycles. The summed E-state index contributed by atoms with van der Waals surface area (Å²) in [5.41, 5.74) is 0. The molecule has 0 fully saturated rings. The van der Waals surface area contributed by atoms with E-state index >= 15 is 0 Å². The molecule has 1 unspecified atom stereocenters. The van der Waals surface area contributed by atoms with Gasteiger partial charge in [0.15, 0.2) is 0 Å². The number of unbranched alkanes of at least 4 members (excludes halogenated alkanes) is 15. The monoisotopic (exact) mass is 469 g/mol. The third-order valence-corrected chi connectivity index (χ3v) is 11.8. The molecule has 180 valence electrons. The van der Waals surface area contributed by atoms with Crippen LogP contribution in [0.1, 0.15) is 143 Å². The second-order valence-corrected chi connectivity index (χ2v) is 13.8. The maximum Gasteiger partial charge on any atom is 0.0594 e. The molecule has 0 heterocycles. The number of hydrogen-bond donors (Lipinski definition) is 0. The van der Waals surface area contributed by atoms with Crippen molar-refractivity contribution >= 4 is 29.6 Å². The Morgan fingerprint density at radius 2 is 0.621 bits per heavy atom. The number of hydrogen-bond acceptors (Lipinski definition) is 0. The second-order valence-electron chi connectivity index (χ2n) is 9.13. The highest BCUT2D eigenvalue weighted by Gasteiger charge is 2.33. The highest BCUT2D eigenvalue weighted by molar-refractivity contribution is 7.75. The molecule has 0 radical (unpaired) electrons. The van der Waals surface area contributed by atoms with Crippen molar-refractivity contribution in [2.45, 2.75) is 143 Å². The van der Waals surface area contributed by atoms with E-state index in [-0.39, 0.29) is 22.3 Å². The highest BCUT2D eigenvalue weighted by atomic mass is 35.5. The van der Waals surface area contributed by atoms with Crippen LogP contribution in [0.4, 0.5) is 0 Å². The van der Waals surface area contributed by atoms with E-state index in [4.69, 9.17) is 0 Å².